The first-order valence-electron chi connectivity index (χ1n) is 11.5. The molecular formula is C23H40BrF2NOSi. The van der Waals surface area contributed by atoms with Crippen molar-refractivity contribution in [3.63, 3.8) is 0 Å². The largest absolute Gasteiger partial charge is 0.406 e. The van der Waals surface area contributed by atoms with E-state index in [-0.39, 0.29) is 0 Å². The van der Waals surface area contributed by atoms with Gasteiger partial charge in [0.25, 0.3) is 6.43 Å². The monoisotopic (exact) mass is 491 g/mol. The molecule has 3 rings (SSSR count). The Hall–Kier alpha value is 0.217. The molecule has 0 radical (unpaired) electrons. The molecule has 2 aliphatic carbocycles. The number of rotatable bonds is 6. The zero-order chi connectivity index (χ0) is 21.4. The van der Waals surface area contributed by atoms with Gasteiger partial charge in [-0.05, 0) is 92.7 Å². The highest BCUT2D eigenvalue weighted by Crippen LogP contribution is 2.59. The van der Waals surface area contributed by atoms with Crippen molar-refractivity contribution in [2.45, 2.75) is 90.5 Å². The second-order valence-electron chi connectivity index (χ2n) is 11.1. The number of hydrogen-bond acceptors (Lipinski definition) is 2. The Labute approximate surface area is 186 Å². The summed E-state index contributed by atoms with van der Waals surface area (Å²) in [4.78, 5) is 4.62. The molecule has 1 aliphatic heterocycles. The van der Waals surface area contributed by atoms with Gasteiger partial charge in [-0.15, -0.1) is 0 Å². The lowest BCUT2D eigenvalue weighted by Gasteiger charge is -2.47. The van der Waals surface area contributed by atoms with Gasteiger partial charge < -0.3 is 9.33 Å². The first kappa shape index (κ1) is 23.9. The lowest BCUT2D eigenvalue weighted by molar-refractivity contribution is -0.115. The van der Waals surface area contributed by atoms with E-state index < -0.39 is 20.3 Å². The van der Waals surface area contributed by atoms with Crippen molar-refractivity contribution in [3.05, 3.63) is 10.6 Å². The van der Waals surface area contributed by atoms with Crippen LogP contribution in [0.4, 0.5) is 8.78 Å². The summed E-state index contributed by atoms with van der Waals surface area (Å²) in [7, 11) is -2.00. The van der Waals surface area contributed by atoms with Gasteiger partial charge in [-0.2, -0.15) is 0 Å². The van der Waals surface area contributed by atoms with E-state index in [1.165, 1.54) is 32.1 Å². The predicted molar refractivity (Wildman–Crippen MR) is 123 cm³/mol. The van der Waals surface area contributed by atoms with Crippen molar-refractivity contribution in [1.29, 1.82) is 0 Å². The quantitative estimate of drug-likeness (QED) is 0.368. The van der Waals surface area contributed by atoms with Crippen molar-refractivity contribution >= 4 is 24.2 Å². The lowest BCUT2D eigenvalue weighted by Crippen LogP contribution is -2.55. The van der Waals surface area contributed by atoms with Crippen LogP contribution >= 0.6 is 15.9 Å². The van der Waals surface area contributed by atoms with E-state index in [0.29, 0.717) is 24.2 Å². The molecule has 1 heterocycles. The lowest BCUT2D eigenvalue weighted by atomic mass is 9.61. The average molecular weight is 493 g/mol. The van der Waals surface area contributed by atoms with E-state index in [0.717, 1.165) is 31.5 Å². The average Bonchev–Trinajstić information content (AvgIpc) is 2.99. The molecule has 3 aliphatic rings. The molecule has 29 heavy (non-hydrogen) atoms. The van der Waals surface area contributed by atoms with E-state index in [1.54, 1.807) is 5.57 Å². The standard InChI is InChI=1S/C23H40BrF2NOSi/c1-17(19-8-9-20-18(15-24)7-6-10-22(19,20)2)16-27-13-11-23(12-14-27,21(25)26)28-29(3,4)5/h15,17,19-21H,6-14,16H2,1-5H3/b18-15+/t17-,19-,20-,22-/m1/s1. The Morgan fingerprint density at radius 1 is 1.21 bits per heavy atom. The molecule has 4 atom stereocenters. The van der Waals surface area contributed by atoms with Gasteiger partial charge in [-0.1, -0.05) is 35.4 Å². The van der Waals surface area contributed by atoms with Crippen LogP contribution in [-0.4, -0.2) is 44.9 Å². The van der Waals surface area contributed by atoms with Crippen LogP contribution in [-0.2, 0) is 4.43 Å². The zero-order valence-corrected chi connectivity index (χ0v) is 21.5. The van der Waals surface area contributed by atoms with Crippen LogP contribution in [0.15, 0.2) is 10.6 Å². The molecule has 2 saturated carbocycles. The van der Waals surface area contributed by atoms with E-state index in [2.05, 4.69) is 39.7 Å². The molecule has 0 amide bonds. The van der Waals surface area contributed by atoms with Crippen LogP contribution in [0.1, 0.15) is 58.8 Å². The van der Waals surface area contributed by atoms with E-state index in [9.17, 15) is 8.78 Å². The molecule has 1 saturated heterocycles. The molecule has 0 aromatic carbocycles. The fraction of sp³-hybridized carbons (Fsp3) is 0.913. The van der Waals surface area contributed by atoms with Crippen LogP contribution < -0.4 is 0 Å². The van der Waals surface area contributed by atoms with Crippen LogP contribution in [0.3, 0.4) is 0 Å². The van der Waals surface area contributed by atoms with Gasteiger partial charge in [0.05, 0.1) is 0 Å². The molecule has 0 spiro atoms. The smallest absolute Gasteiger partial charge is 0.266 e. The third kappa shape index (κ3) is 5.01. The van der Waals surface area contributed by atoms with Gasteiger partial charge in [0.15, 0.2) is 8.32 Å². The Morgan fingerprint density at radius 2 is 1.86 bits per heavy atom. The first-order valence-corrected chi connectivity index (χ1v) is 15.8. The minimum Gasteiger partial charge on any atom is -0.406 e. The SMILES string of the molecule is C[C@H](CN1CCC(O[Si](C)(C)C)(C(F)F)CC1)[C@H]1CC[C@@H]2/C(=C/Br)CCC[C@@]21C. The van der Waals surface area contributed by atoms with Gasteiger partial charge in [0.2, 0.25) is 0 Å². The third-order valence-corrected chi connectivity index (χ3v) is 9.63. The Morgan fingerprint density at radius 3 is 2.41 bits per heavy atom. The third-order valence-electron chi connectivity index (χ3n) is 8.02. The van der Waals surface area contributed by atoms with Crippen molar-refractivity contribution in [1.82, 2.24) is 4.90 Å². The second-order valence-corrected chi connectivity index (χ2v) is 16.0. The maximum absolute atomic E-state index is 13.9. The Balaban J connectivity index is 1.61. The molecule has 3 fully saturated rings. The van der Waals surface area contributed by atoms with Gasteiger partial charge in [-0.25, -0.2) is 8.78 Å². The van der Waals surface area contributed by atoms with Crippen molar-refractivity contribution in [2.24, 2.45) is 23.2 Å². The zero-order valence-electron chi connectivity index (χ0n) is 18.9. The fourth-order valence-electron chi connectivity index (χ4n) is 6.77. The van der Waals surface area contributed by atoms with E-state index >= 15 is 0 Å². The molecule has 0 aromatic heterocycles. The molecule has 6 heteroatoms. The highest BCUT2D eigenvalue weighted by atomic mass is 79.9. The summed E-state index contributed by atoms with van der Waals surface area (Å²) in [5.41, 5.74) is 0.797. The van der Waals surface area contributed by atoms with E-state index in [1.807, 2.05) is 19.6 Å². The second kappa shape index (κ2) is 8.99. The highest BCUT2D eigenvalue weighted by molar-refractivity contribution is 9.11. The number of likely N-dealkylation sites (tertiary alicyclic amines) is 1. The number of allylic oxidation sites excluding steroid dienone is 1. The fourth-order valence-corrected chi connectivity index (χ4v) is 8.83. The maximum Gasteiger partial charge on any atom is 0.266 e. The number of hydrogen-bond donors (Lipinski definition) is 0. The van der Waals surface area contributed by atoms with Crippen LogP contribution in [0.25, 0.3) is 0 Å². The normalized spacial score (nSPS) is 35.8. The maximum atomic E-state index is 13.9. The van der Waals surface area contributed by atoms with Crippen LogP contribution in [0.5, 0.6) is 0 Å². The topological polar surface area (TPSA) is 12.5 Å². The highest BCUT2D eigenvalue weighted by Gasteiger charge is 2.51. The van der Waals surface area contributed by atoms with E-state index in [4.69, 9.17) is 4.43 Å². The van der Waals surface area contributed by atoms with Crippen molar-refractivity contribution < 1.29 is 13.2 Å². The summed E-state index contributed by atoms with van der Waals surface area (Å²) < 4.78 is 33.9. The molecule has 0 bridgehead atoms. The molecular weight excluding hydrogens is 452 g/mol. The molecule has 0 unspecified atom stereocenters. The summed E-state index contributed by atoms with van der Waals surface area (Å²) in [5, 5.41) is 0. The Bertz CT molecular complexity index is 600. The Kier molecular flexibility index (Phi) is 7.40. The number of halogens is 3. The van der Waals surface area contributed by atoms with Gasteiger partial charge in [0.1, 0.15) is 5.60 Å². The van der Waals surface area contributed by atoms with Gasteiger partial charge in [0, 0.05) is 19.6 Å². The number of alkyl halides is 2. The van der Waals surface area contributed by atoms with Crippen molar-refractivity contribution in [3.8, 4) is 0 Å². The first-order chi connectivity index (χ1) is 13.5. The summed E-state index contributed by atoms with van der Waals surface area (Å²) in [6.45, 7) is 13.5. The summed E-state index contributed by atoms with van der Waals surface area (Å²) in [6.07, 6.45) is 5.01. The van der Waals surface area contributed by atoms with Crippen molar-refractivity contribution in [2.75, 3.05) is 19.6 Å². The van der Waals surface area contributed by atoms with Gasteiger partial charge in [-0.3, -0.25) is 0 Å². The number of nitrogens with zero attached hydrogens (tertiary/aromatic N) is 1. The number of fused-ring (bicyclic) bond motifs is 1. The minimum atomic E-state index is -2.39. The summed E-state index contributed by atoms with van der Waals surface area (Å²) in [6, 6.07) is 0. The minimum absolute atomic E-state index is 0.404. The molecule has 2 nitrogen and oxygen atoms in total. The number of piperidine rings is 1. The van der Waals surface area contributed by atoms with Crippen LogP contribution in [0.2, 0.25) is 19.6 Å². The summed E-state index contributed by atoms with van der Waals surface area (Å²) in [5.74, 6) is 2.06. The van der Waals surface area contributed by atoms with Gasteiger partial charge >= 0.3 is 0 Å². The molecule has 168 valence electrons. The predicted octanol–water partition coefficient (Wildman–Crippen LogP) is 7.07. The van der Waals surface area contributed by atoms with Crippen LogP contribution in [0, 0.1) is 23.2 Å². The molecule has 0 aromatic rings. The summed E-state index contributed by atoms with van der Waals surface area (Å²) >= 11 is 3.61. The molecule has 0 N–H and O–H groups in total.